The fourth-order valence-electron chi connectivity index (χ4n) is 1.79. The lowest BCUT2D eigenvalue weighted by molar-refractivity contribution is 0.282. The number of halogens is 1. The van der Waals surface area contributed by atoms with Gasteiger partial charge in [-0.05, 0) is 12.5 Å². The van der Waals surface area contributed by atoms with E-state index in [-0.39, 0.29) is 0 Å². The number of unbranched alkanes of at least 4 members (excludes halogenated alkanes) is 3. The van der Waals surface area contributed by atoms with Gasteiger partial charge in [0.2, 0.25) is 0 Å². The minimum Gasteiger partial charge on any atom is -0.493 e. The third kappa shape index (κ3) is 4.39. The van der Waals surface area contributed by atoms with Crippen LogP contribution in [0.2, 0.25) is 5.02 Å². The van der Waals surface area contributed by atoms with Gasteiger partial charge in [-0.2, -0.15) is 0 Å². The van der Waals surface area contributed by atoms with E-state index in [1.807, 2.05) is 6.07 Å². The summed E-state index contributed by atoms with van der Waals surface area (Å²) >= 11 is 5.99. The van der Waals surface area contributed by atoms with Crippen LogP contribution in [0.15, 0.2) is 12.1 Å². The van der Waals surface area contributed by atoms with E-state index in [1.165, 1.54) is 19.3 Å². The molecule has 0 saturated carbocycles. The molecular formula is C14H22ClNO2. The van der Waals surface area contributed by atoms with Crippen LogP contribution in [0, 0.1) is 0 Å². The lowest BCUT2D eigenvalue weighted by atomic mass is 10.2. The van der Waals surface area contributed by atoms with Gasteiger partial charge < -0.3 is 15.2 Å². The maximum Gasteiger partial charge on any atom is 0.165 e. The second-order valence-corrected chi connectivity index (χ2v) is 4.65. The van der Waals surface area contributed by atoms with Crippen molar-refractivity contribution in [2.75, 3.05) is 13.7 Å². The van der Waals surface area contributed by atoms with Crippen molar-refractivity contribution in [1.29, 1.82) is 0 Å². The van der Waals surface area contributed by atoms with Crippen LogP contribution in [-0.2, 0) is 6.54 Å². The van der Waals surface area contributed by atoms with E-state index in [4.69, 9.17) is 26.8 Å². The Bertz CT molecular complexity index is 344. The van der Waals surface area contributed by atoms with E-state index in [0.29, 0.717) is 23.9 Å². The normalized spacial score (nSPS) is 10.4. The van der Waals surface area contributed by atoms with Gasteiger partial charge in [-0.3, -0.25) is 0 Å². The molecule has 4 heteroatoms. The molecule has 102 valence electrons. The summed E-state index contributed by atoms with van der Waals surface area (Å²) < 4.78 is 11.1. The molecule has 1 aromatic rings. The van der Waals surface area contributed by atoms with Crippen molar-refractivity contribution in [1.82, 2.24) is 0 Å². The van der Waals surface area contributed by atoms with Gasteiger partial charge in [0.15, 0.2) is 11.5 Å². The molecule has 0 heterocycles. The van der Waals surface area contributed by atoms with Crippen molar-refractivity contribution in [3.63, 3.8) is 0 Å². The Balaban J connectivity index is 2.67. The predicted molar refractivity (Wildman–Crippen MR) is 75.5 cm³/mol. The highest BCUT2D eigenvalue weighted by Gasteiger charge is 2.11. The Labute approximate surface area is 114 Å². The third-order valence-electron chi connectivity index (χ3n) is 2.78. The van der Waals surface area contributed by atoms with Gasteiger partial charge in [0.1, 0.15) is 0 Å². The van der Waals surface area contributed by atoms with E-state index >= 15 is 0 Å². The number of hydrogen-bond acceptors (Lipinski definition) is 3. The third-order valence-corrected chi connectivity index (χ3v) is 3.00. The van der Waals surface area contributed by atoms with Crippen LogP contribution in [0.4, 0.5) is 0 Å². The number of ether oxygens (including phenoxy) is 2. The van der Waals surface area contributed by atoms with Crippen molar-refractivity contribution >= 4 is 11.6 Å². The summed E-state index contributed by atoms with van der Waals surface area (Å²) in [5.41, 5.74) is 6.58. The first-order chi connectivity index (χ1) is 8.72. The molecule has 0 aliphatic heterocycles. The Hall–Kier alpha value is -0.930. The molecule has 3 nitrogen and oxygen atoms in total. The molecule has 0 unspecified atom stereocenters. The Morgan fingerprint density at radius 2 is 2.00 bits per heavy atom. The molecule has 0 radical (unpaired) electrons. The SMILES string of the molecule is CCCCCCOc1c(CN)cc(Cl)cc1OC. The van der Waals surface area contributed by atoms with E-state index in [1.54, 1.807) is 13.2 Å². The largest absolute Gasteiger partial charge is 0.493 e. The first kappa shape index (κ1) is 15.1. The molecular weight excluding hydrogens is 250 g/mol. The minimum absolute atomic E-state index is 0.390. The summed E-state index contributed by atoms with van der Waals surface area (Å²) in [7, 11) is 1.61. The van der Waals surface area contributed by atoms with Crippen LogP contribution < -0.4 is 15.2 Å². The Kier molecular flexibility index (Phi) is 6.91. The van der Waals surface area contributed by atoms with Crippen LogP contribution in [0.1, 0.15) is 38.2 Å². The lowest BCUT2D eigenvalue weighted by Gasteiger charge is -2.14. The molecule has 0 aromatic heterocycles. The number of rotatable bonds is 8. The number of benzene rings is 1. The van der Waals surface area contributed by atoms with Crippen LogP contribution >= 0.6 is 11.6 Å². The summed E-state index contributed by atoms with van der Waals surface area (Å²) in [6.07, 6.45) is 4.69. The fourth-order valence-corrected chi connectivity index (χ4v) is 2.02. The van der Waals surface area contributed by atoms with Crippen molar-refractivity contribution in [3.05, 3.63) is 22.7 Å². The molecule has 0 aliphatic carbocycles. The van der Waals surface area contributed by atoms with Crippen LogP contribution in [-0.4, -0.2) is 13.7 Å². The maximum atomic E-state index is 5.99. The molecule has 2 N–H and O–H groups in total. The van der Waals surface area contributed by atoms with Gasteiger partial charge in [0.25, 0.3) is 0 Å². The quantitative estimate of drug-likeness (QED) is 0.732. The molecule has 1 rings (SSSR count). The lowest BCUT2D eigenvalue weighted by Crippen LogP contribution is -2.05. The second-order valence-electron chi connectivity index (χ2n) is 4.21. The topological polar surface area (TPSA) is 44.5 Å². The van der Waals surface area contributed by atoms with Crippen molar-refractivity contribution < 1.29 is 9.47 Å². The standard InChI is InChI=1S/C14H22ClNO2/c1-3-4-5-6-7-18-14-11(10-16)8-12(15)9-13(14)17-2/h8-9H,3-7,10,16H2,1-2H3. The molecule has 0 bridgehead atoms. The van der Waals surface area contributed by atoms with Crippen molar-refractivity contribution in [3.8, 4) is 11.5 Å². The zero-order chi connectivity index (χ0) is 13.4. The van der Waals surface area contributed by atoms with Crippen LogP contribution in [0.25, 0.3) is 0 Å². The fraction of sp³-hybridized carbons (Fsp3) is 0.571. The number of methoxy groups -OCH3 is 1. The molecule has 18 heavy (non-hydrogen) atoms. The smallest absolute Gasteiger partial charge is 0.165 e. The van der Waals surface area contributed by atoms with Gasteiger partial charge in [0.05, 0.1) is 13.7 Å². The van der Waals surface area contributed by atoms with Crippen molar-refractivity contribution in [2.45, 2.75) is 39.2 Å². The van der Waals surface area contributed by atoms with Crippen molar-refractivity contribution in [2.24, 2.45) is 5.73 Å². The zero-order valence-electron chi connectivity index (χ0n) is 11.2. The summed E-state index contributed by atoms with van der Waals surface area (Å²) in [6, 6.07) is 3.58. The zero-order valence-corrected chi connectivity index (χ0v) is 11.9. The Morgan fingerprint density at radius 3 is 2.61 bits per heavy atom. The molecule has 0 amide bonds. The van der Waals surface area contributed by atoms with Crippen LogP contribution in [0.3, 0.4) is 0 Å². The highest BCUT2D eigenvalue weighted by Crippen LogP contribution is 2.34. The van der Waals surface area contributed by atoms with Crippen LogP contribution in [0.5, 0.6) is 11.5 Å². The molecule has 0 spiro atoms. The highest BCUT2D eigenvalue weighted by atomic mass is 35.5. The van der Waals surface area contributed by atoms with Gasteiger partial charge in [0, 0.05) is 23.2 Å². The number of hydrogen-bond donors (Lipinski definition) is 1. The summed E-state index contributed by atoms with van der Waals surface area (Å²) in [5, 5.41) is 0.616. The molecule has 0 aliphatic rings. The molecule has 1 aromatic carbocycles. The van der Waals surface area contributed by atoms with E-state index < -0.39 is 0 Å². The average molecular weight is 272 g/mol. The first-order valence-electron chi connectivity index (χ1n) is 6.42. The maximum absolute atomic E-state index is 5.99. The van der Waals surface area contributed by atoms with Gasteiger partial charge in [-0.25, -0.2) is 0 Å². The number of nitrogens with two attached hydrogens (primary N) is 1. The molecule has 0 saturated heterocycles. The monoisotopic (exact) mass is 271 g/mol. The average Bonchev–Trinajstić information content (AvgIpc) is 2.39. The summed E-state index contributed by atoms with van der Waals surface area (Å²) in [5.74, 6) is 1.37. The minimum atomic E-state index is 0.390. The van der Waals surface area contributed by atoms with E-state index in [9.17, 15) is 0 Å². The Morgan fingerprint density at radius 1 is 1.22 bits per heavy atom. The molecule has 0 fully saturated rings. The predicted octanol–water partition coefficient (Wildman–Crippen LogP) is 3.77. The van der Waals surface area contributed by atoms with Gasteiger partial charge >= 0.3 is 0 Å². The molecule has 0 atom stereocenters. The second kappa shape index (κ2) is 8.22. The van der Waals surface area contributed by atoms with E-state index in [2.05, 4.69) is 6.92 Å². The van der Waals surface area contributed by atoms with Gasteiger partial charge in [-0.15, -0.1) is 0 Å². The highest BCUT2D eigenvalue weighted by molar-refractivity contribution is 6.30. The summed E-state index contributed by atoms with van der Waals surface area (Å²) in [4.78, 5) is 0. The van der Waals surface area contributed by atoms with E-state index in [0.717, 1.165) is 17.7 Å². The van der Waals surface area contributed by atoms with Gasteiger partial charge in [-0.1, -0.05) is 37.8 Å². The first-order valence-corrected chi connectivity index (χ1v) is 6.80. The summed E-state index contributed by atoms with van der Waals surface area (Å²) in [6.45, 7) is 3.27.